The largest absolute Gasteiger partial charge is 0.352 e. The van der Waals surface area contributed by atoms with Gasteiger partial charge in [-0.15, -0.1) is 0 Å². The highest BCUT2D eigenvalue weighted by atomic mass is 16.1. The Hall–Kier alpha value is -1.81. The minimum absolute atomic E-state index is 0.0611. The number of piperidine rings is 2. The molecule has 3 heterocycles. The summed E-state index contributed by atoms with van der Waals surface area (Å²) >= 11 is 0. The van der Waals surface area contributed by atoms with E-state index in [1.807, 2.05) is 31.4 Å². The Kier molecular flexibility index (Phi) is 4.31. The van der Waals surface area contributed by atoms with Gasteiger partial charge in [0, 0.05) is 36.9 Å². The molecule has 2 saturated heterocycles. The fourth-order valence-electron chi connectivity index (χ4n) is 4.54. The quantitative estimate of drug-likeness (QED) is 0.941. The molecule has 2 atom stereocenters. The van der Waals surface area contributed by atoms with E-state index in [-0.39, 0.29) is 5.91 Å². The topological polar surface area (TPSA) is 37.3 Å². The summed E-state index contributed by atoms with van der Waals surface area (Å²) in [4.78, 5) is 15.2. The Morgan fingerprint density at radius 3 is 2.96 bits per heavy atom. The summed E-state index contributed by atoms with van der Waals surface area (Å²) in [5, 5.41) is 4.38. The van der Waals surface area contributed by atoms with Gasteiger partial charge < -0.3 is 14.8 Å². The summed E-state index contributed by atoms with van der Waals surface area (Å²) < 4.78 is 2.06. The van der Waals surface area contributed by atoms with Crippen molar-refractivity contribution in [3.05, 3.63) is 36.0 Å². The molecule has 0 radical (unpaired) electrons. The van der Waals surface area contributed by atoms with Crippen molar-refractivity contribution in [3.8, 4) is 0 Å². The van der Waals surface area contributed by atoms with Gasteiger partial charge in [0.05, 0.1) is 0 Å². The Bertz CT molecular complexity index is 734. The molecule has 2 aromatic rings. The minimum Gasteiger partial charge on any atom is -0.352 e. The van der Waals surface area contributed by atoms with Crippen LogP contribution >= 0.6 is 0 Å². The van der Waals surface area contributed by atoms with Gasteiger partial charge in [0.25, 0.3) is 5.91 Å². The van der Waals surface area contributed by atoms with Crippen LogP contribution < -0.4 is 5.32 Å². The lowest BCUT2D eigenvalue weighted by Gasteiger charge is -2.44. The second-order valence-electron chi connectivity index (χ2n) is 7.41. The summed E-state index contributed by atoms with van der Waals surface area (Å²) in [5.41, 5.74) is 1.87. The summed E-state index contributed by atoms with van der Waals surface area (Å²) in [5.74, 6) is 0.674. The molecule has 2 fully saturated rings. The fraction of sp³-hybridized carbons (Fsp3) is 0.550. The first kappa shape index (κ1) is 15.7. The van der Waals surface area contributed by atoms with Crippen molar-refractivity contribution < 1.29 is 4.79 Å². The summed E-state index contributed by atoms with van der Waals surface area (Å²) in [6.07, 6.45) is 8.54. The number of rotatable bonds is 3. The van der Waals surface area contributed by atoms with Crippen molar-refractivity contribution in [2.75, 3.05) is 19.6 Å². The molecule has 4 nitrogen and oxygen atoms in total. The van der Waals surface area contributed by atoms with Crippen LogP contribution in [0.15, 0.2) is 30.5 Å². The molecule has 0 unspecified atom stereocenters. The zero-order valence-corrected chi connectivity index (χ0v) is 14.5. The van der Waals surface area contributed by atoms with Gasteiger partial charge in [0.2, 0.25) is 0 Å². The second kappa shape index (κ2) is 6.60. The Balaban J connectivity index is 1.42. The molecule has 2 aliphatic rings. The number of amides is 1. The molecule has 4 heteroatoms. The van der Waals surface area contributed by atoms with Gasteiger partial charge in [-0.1, -0.05) is 12.5 Å². The number of carbonyl (C=O) groups is 1. The summed E-state index contributed by atoms with van der Waals surface area (Å²) in [6, 6.07) is 8.73. The molecule has 24 heavy (non-hydrogen) atoms. The Morgan fingerprint density at radius 1 is 1.17 bits per heavy atom. The molecule has 1 aromatic heterocycles. The molecule has 0 bridgehead atoms. The maximum atomic E-state index is 12.6. The van der Waals surface area contributed by atoms with Crippen LogP contribution in [0.5, 0.6) is 0 Å². The minimum atomic E-state index is 0.0611. The Labute approximate surface area is 143 Å². The van der Waals surface area contributed by atoms with E-state index in [0.717, 1.165) is 17.6 Å². The van der Waals surface area contributed by atoms with E-state index in [9.17, 15) is 4.79 Å². The highest BCUT2D eigenvalue weighted by molar-refractivity contribution is 5.98. The van der Waals surface area contributed by atoms with Crippen molar-refractivity contribution >= 4 is 16.8 Å². The van der Waals surface area contributed by atoms with E-state index < -0.39 is 0 Å². The lowest BCUT2D eigenvalue weighted by Crippen LogP contribution is -2.51. The molecule has 0 aliphatic carbocycles. The number of aryl methyl sites for hydroxylation is 1. The Morgan fingerprint density at radius 2 is 2.04 bits per heavy atom. The lowest BCUT2D eigenvalue weighted by molar-refractivity contribution is 0.0575. The second-order valence-corrected chi connectivity index (χ2v) is 7.41. The van der Waals surface area contributed by atoms with Crippen molar-refractivity contribution in [1.82, 2.24) is 14.8 Å². The van der Waals surface area contributed by atoms with Crippen LogP contribution in [0.4, 0.5) is 0 Å². The molecule has 1 aromatic carbocycles. The van der Waals surface area contributed by atoms with Crippen LogP contribution in [0.25, 0.3) is 10.9 Å². The van der Waals surface area contributed by atoms with E-state index >= 15 is 0 Å². The molecule has 2 aliphatic heterocycles. The first-order valence-corrected chi connectivity index (χ1v) is 9.30. The van der Waals surface area contributed by atoms with E-state index in [1.165, 1.54) is 50.6 Å². The van der Waals surface area contributed by atoms with Gasteiger partial charge in [0.1, 0.15) is 0 Å². The third-order valence-corrected chi connectivity index (χ3v) is 5.90. The predicted molar refractivity (Wildman–Crippen MR) is 97.2 cm³/mol. The molecule has 4 rings (SSSR count). The zero-order valence-electron chi connectivity index (χ0n) is 14.5. The predicted octanol–water partition coefficient (Wildman–Crippen LogP) is 3.17. The smallest absolute Gasteiger partial charge is 0.251 e. The van der Waals surface area contributed by atoms with Crippen molar-refractivity contribution in [2.45, 2.75) is 38.1 Å². The summed E-state index contributed by atoms with van der Waals surface area (Å²) in [7, 11) is 2.02. The summed E-state index contributed by atoms with van der Waals surface area (Å²) in [6.45, 7) is 3.31. The zero-order chi connectivity index (χ0) is 16.5. The molecule has 0 spiro atoms. The highest BCUT2D eigenvalue weighted by Crippen LogP contribution is 2.30. The van der Waals surface area contributed by atoms with Crippen molar-refractivity contribution in [1.29, 1.82) is 0 Å². The van der Waals surface area contributed by atoms with Gasteiger partial charge in [0.15, 0.2) is 0 Å². The number of hydrogen-bond acceptors (Lipinski definition) is 2. The van der Waals surface area contributed by atoms with Crippen LogP contribution in [0, 0.1) is 5.92 Å². The number of fused-ring (bicyclic) bond motifs is 2. The molecular weight excluding hydrogens is 298 g/mol. The monoisotopic (exact) mass is 325 g/mol. The first-order valence-electron chi connectivity index (χ1n) is 9.30. The van der Waals surface area contributed by atoms with Gasteiger partial charge in [-0.05, 0) is 68.3 Å². The molecule has 128 valence electrons. The third-order valence-electron chi connectivity index (χ3n) is 5.90. The number of carbonyl (C=O) groups excluding carboxylic acids is 1. The average molecular weight is 325 g/mol. The average Bonchev–Trinajstić information content (AvgIpc) is 3.00. The number of nitrogens with zero attached hydrogens (tertiary/aromatic N) is 2. The van der Waals surface area contributed by atoms with Gasteiger partial charge >= 0.3 is 0 Å². The molecule has 1 N–H and O–H groups in total. The van der Waals surface area contributed by atoms with Crippen LogP contribution in [0.2, 0.25) is 0 Å². The standard InChI is InChI=1S/C20H27N3O/c1-22-12-9-15-7-8-16(13-19(15)22)20(24)21-14-17-5-4-11-23-10-3-2-6-18(17)23/h7-9,12-13,17-18H,2-6,10-11,14H2,1H3,(H,21,24)/t17-,18-/m1/s1. The number of aromatic nitrogens is 1. The number of nitrogens with one attached hydrogen (secondary N) is 1. The SMILES string of the molecule is Cn1ccc2ccc(C(=O)NC[C@H]3CCCN4CCCC[C@H]34)cc21. The molecular formula is C20H27N3O. The maximum absolute atomic E-state index is 12.6. The molecule has 0 saturated carbocycles. The fourth-order valence-corrected chi connectivity index (χ4v) is 4.54. The molecule has 1 amide bonds. The van der Waals surface area contributed by atoms with Gasteiger partial charge in [-0.25, -0.2) is 0 Å². The number of hydrogen-bond donors (Lipinski definition) is 1. The van der Waals surface area contributed by atoms with E-state index in [0.29, 0.717) is 12.0 Å². The maximum Gasteiger partial charge on any atom is 0.251 e. The van der Waals surface area contributed by atoms with Crippen molar-refractivity contribution in [2.24, 2.45) is 13.0 Å². The van der Waals surface area contributed by atoms with Crippen LogP contribution in [0.1, 0.15) is 42.5 Å². The van der Waals surface area contributed by atoms with Gasteiger partial charge in [-0.2, -0.15) is 0 Å². The lowest BCUT2D eigenvalue weighted by atomic mass is 9.83. The first-order chi connectivity index (χ1) is 11.7. The van der Waals surface area contributed by atoms with E-state index in [2.05, 4.69) is 20.9 Å². The van der Waals surface area contributed by atoms with Crippen LogP contribution in [-0.4, -0.2) is 41.1 Å². The third kappa shape index (κ3) is 2.95. The van der Waals surface area contributed by atoms with E-state index in [4.69, 9.17) is 0 Å². The normalized spacial score (nSPS) is 24.7. The van der Waals surface area contributed by atoms with Gasteiger partial charge in [-0.3, -0.25) is 4.79 Å². The highest BCUT2D eigenvalue weighted by Gasteiger charge is 2.32. The number of benzene rings is 1. The van der Waals surface area contributed by atoms with Crippen LogP contribution in [0.3, 0.4) is 0 Å². The van der Waals surface area contributed by atoms with E-state index in [1.54, 1.807) is 0 Å². The van der Waals surface area contributed by atoms with Crippen LogP contribution in [-0.2, 0) is 7.05 Å². The van der Waals surface area contributed by atoms with Crippen molar-refractivity contribution in [3.63, 3.8) is 0 Å².